The van der Waals surface area contributed by atoms with Gasteiger partial charge < -0.3 is 15.5 Å². The number of aromatic amines is 1. The number of halogens is 5. The number of carbonyl (C=O) groups excluding carboxylic acids is 1. The quantitative estimate of drug-likeness (QED) is 0.0793. The Kier molecular flexibility index (Phi) is 9.01. The molecule has 0 amide bonds. The molecular weight excluding hydrogens is 643 g/mol. The normalized spacial score (nSPS) is 11.8. The highest BCUT2D eigenvalue weighted by Gasteiger charge is 2.23. The van der Waals surface area contributed by atoms with Crippen LogP contribution in [0.15, 0.2) is 59.8 Å². The van der Waals surface area contributed by atoms with Crippen molar-refractivity contribution < 1.29 is 39.9 Å². The average Bonchev–Trinajstić information content (AvgIpc) is 3.56. The molecule has 236 valence electrons. The van der Waals surface area contributed by atoms with Crippen molar-refractivity contribution in [2.24, 2.45) is 0 Å². The number of fused-ring (bicyclic) bond motifs is 1. The number of ether oxygens (including phenoxy) is 1. The SMILES string of the molecule is Cc1cc(Oc2c(F)cccc2F)ncc1-n1ncc(C(=O)c2cc3cc(SC(F)F)c(NS(=O)(=O)CCCF)cc3[nH]2)c1N. The number of rotatable bonds is 12. The maximum absolute atomic E-state index is 14.0. The highest BCUT2D eigenvalue weighted by atomic mass is 32.2. The molecule has 17 heteroatoms. The first-order valence-electron chi connectivity index (χ1n) is 13.0. The van der Waals surface area contributed by atoms with Crippen LogP contribution in [0.4, 0.5) is 33.5 Å². The molecule has 0 saturated carbocycles. The summed E-state index contributed by atoms with van der Waals surface area (Å²) in [7, 11) is -4.03. The van der Waals surface area contributed by atoms with E-state index in [9.17, 15) is 35.2 Å². The molecule has 5 rings (SSSR count). The minimum atomic E-state index is -4.03. The lowest BCUT2D eigenvalue weighted by Crippen LogP contribution is -2.17. The maximum Gasteiger partial charge on any atom is 0.288 e. The molecule has 0 unspecified atom stereocenters. The van der Waals surface area contributed by atoms with Crippen LogP contribution in [0, 0.1) is 18.6 Å². The first-order valence-corrected chi connectivity index (χ1v) is 15.5. The van der Waals surface area contributed by atoms with Crippen LogP contribution in [0.25, 0.3) is 16.6 Å². The van der Waals surface area contributed by atoms with Crippen LogP contribution in [-0.4, -0.2) is 52.1 Å². The van der Waals surface area contributed by atoms with Crippen LogP contribution in [-0.2, 0) is 10.0 Å². The predicted octanol–water partition coefficient (Wildman–Crippen LogP) is 6.36. The Morgan fingerprint density at radius 2 is 1.89 bits per heavy atom. The lowest BCUT2D eigenvalue weighted by Gasteiger charge is -2.12. The zero-order valence-corrected chi connectivity index (χ0v) is 24.8. The summed E-state index contributed by atoms with van der Waals surface area (Å²) in [6.07, 6.45) is 2.24. The third kappa shape index (κ3) is 6.88. The number of aryl methyl sites for hydroxylation is 1. The first-order chi connectivity index (χ1) is 21.4. The summed E-state index contributed by atoms with van der Waals surface area (Å²) in [5, 5.41) is 4.52. The molecule has 0 radical (unpaired) electrons. The molecule has 0 aliphatic carbocycles. The number of H-pyrrole nitrogens is 1. The number of nitrogens with zero attached hydrogens (tertiary/aromatic N) is 3. The Hall–Kier alpha value is -4.64. The lowest BCUT2D eigenvalue weighted by atomic mass is 10.1. The Bertz CT molecular complexity index is 2000. The van der Waals surface area contributed by atoms with Gasteiger partial charge in [0, 0.05) is 21.9 Å². The van der Waals surface area contributed by atoms with Crippen molar-refractivity contribution in [2.75, 3.05) is 22.9 Å². The number of nitrogen functional groups attached to an aromatic ring is 1. The summed E-state index contributed by atoms with van der Waals surface area (Å²) in [4.78, 5) is 20.3. The number of alkyl halides is 3. The fourth-order valence-corrected chi connectivity index (χ4v) is 6.16. The molecule has 0 saturated heterocycles. The number of hydrogen-bond acceptors (Lipinski definition) is 8. The van der Waals surface area contributed by atoms with Crippen molar-refractivity contribution >= 4 is 50.0 Å². The molecule has 5 aromatic rings. The number of ketones is 1. The van der Waals surface area contributed by atoms with Gasteiger partial charge in [0.25, 0.3) is 5.76 Å². The van der Waals surface area contributed by atoms with Crippen molar-refractivity contribution in [1.29, 1.82) is 0 Å². The Morgan fingerprint density at radius 3 is 2.56 bits per heavy atom. The van der Waals surface area contributed by atoms with Crippen LogP contribution in [0.5, 0.6) is 11.6 Å². The number of pyridine rings is 1. The largest absolute Gasteiger partial charge is 0.433 e. The van der Waals surface area contributed by atoms with E-state index < -0.39 is 51.4 Å². The van der Waals surface area contributed by atoms with E-state index in [4.69, 9.17) is 10.5 Å². The average molecular weight is 667 g/mol. The van der Waals surface area contributed by atoms with Gasteiger partial charge in [-0.2, -0.15) is 13.9 Å². The Labute approximate surface area is 256 Å². The zero-order chi connectivity index (χ0) is 32.5. The van der Waals surface area contributed by atoms with Crippen LogP contribution in [0.3, 0.4) is 0 Å². The summed E-state index contributed by atoms with van der Waals surface area (Å²) in [6, 6.07) is 8.63. The topological polar surface area (TPSA) is 145 Å². The fourth-order valence-electron chi connectivity index (χ4n) is 4.37. The van der Waals surface area contributed by atoms with E-state index in [1.807, 2.05) is 0 Å². The van der Waals surface area contributed by atoms with Gasteiger partial charge >= 0.3 is 0 Å². The van der Waals surface area contributed by atoms with Gasteiger partial charge in [0.15, 0.2) is 11.6 Å². The van der Waals surface area contributed by atoms with E-state index >= 15 is 0 Å². The van der Waals surface area contributed by atoms with Gasteiger partial charge in [0.2, 0.25) is 27.4 Å². The van der Waals surface area contributed by atoms with Crippen molar-refractivity contribution in [3.63, 3.8) is 0 Å². The monoisotopic (exact) mass is 666 g/mol. The van der Waals surface area contributed by atoms with Gasteiger partial charge in [-0.1, -0.05) is 17.8 Å². The van der Waals surface area contributed by atoms with Gasteiger partial charge in [0.1, 0.15) is 5.82 Å². The number of anilines is 2. The molecule has 0 aliphatic rings. The summed E-state index contributed by atoms with van der Waals surface area (Å²) in [6.45, 7) is 0.771. The summed E-state index contributed by atoms with van der Waals surface area (Å²) in [5.74, 6) is -6.66. The Balaban J connectivity index is 1.43. The molecule has 10 nitrogen and oxygen atoms in total. The van der Waals surface area contributed by atoms with Crippen LogP contribution in [0.1, 0.15) is 28.0 Å². The number of thioether (sulfide) groups is 1. The van der Waals surface area contributed by atoms with Crippen molar-refractivity contribution in [3.8, 4) is 17.3 Å². The number of hydrogen-bond donors (Lipinski definition) is 3. The minimum Gasteiger partial charge on any atom is -0.433 e. The molecule has 3 heterocycles. The fraction of sp³-hybridized carbons (Fsp3) is 0.179. The summed E-state index contributed by atoms with van der Waals surface area (Å²) >= 11 is 0.107. The van der Waals surface area contributed by atoms with Crippen LogP contribution < -0.4 is 15.2 Å². The highest BCUT2D eigenvalue weighted by Crippen LogP contribution is 2.37. The van der Waals surface area contributed by atoms with E-state index in [1.54, 1.807) is 6.92 Å². The van der Waals surface area contributed by atoms with E-state index in [0.717, 1.165) is 12.1 Å². The number of aromatic nitrogens is 4. The maximum atomic E-state index is 14.0. The van der Waals surface area contributed by atoms with Gasteiger partial charge in [-0.05, 0) is 49.2 Å². The number of para-hydroxylation sites is 1. The molecule has 2 aromatic carbocycles. The number of nitrogens with one attached hydrogen (secondary N) is 2. The lowest BCUT2D eigenvalue weighted by molar-refractivity contribution is 0.103. The van der Waals surface area contributed by atoms with Crippen molar-refractivity contribution in [3.05, 3.63) is 83.3 Å². The predicted molar refractivity (Wildman–Crippen MR) is 159 cm³/mol. The number of carbonyl (C=O) groups is 1. The van der Waals surface area contributed by atoms with Gasteiger partial charge in [-0.3, -0.25) is 13.9 Å². The first kappa shape index (κ1) is 31.8. The van der Waals surface area contributed by atoms with Crippen molar-refractivity contribution in [1.82, 2.24) is 19.7 Å². The zero-order valence-electron chi connectivity index (χ0n) is 23.2. The molecule has 4 N–H and O–H groups in total. The number of nitrogens with two attached hydrogens (primary N) is 1. The molecule has 45 heavy (non-hydrogen) atoms. The van der Waals surface area contributed by atoms with Gasteiger partial charge in [-0.25, -0.2) is 26.9 Å². The number of sulfonamides is 1. The van der Waals surface area contributed by atoms with Gasteiger partial charge in [-0.15, -0.1) is 0 Å². The molecule has 0 fully saturated rings. The molecule has 0 atom stereocenters. The van der Waals surface area contributed by atoms with E-state index in [-0.39, 0.29) is 57.2 Å². The second kappa shape index (κ2) is 12.8. The minimum absolute atomic E-state index is 0.00666. The van der Waals surface area contributed by atoms with E-state index in [1.165, 1.54) is 47.4 Å². The smallest absolute Gasteiger partial charge is 0.288 e. The van der Waals surface area contributed by atoms with Crippen molar-refractivity contribution in [2.45, 2.75) is 24.0 Å². The molecule has 3 aromatic heterocycles. The third-order valence-electron chi connectivity index (χ3n) is 6.46. The molecular formula is C28H23F5N6O4S2. The molecule has 0 bridgehead atoms. The summed E-state index contributed by atoms with van der Waals surface area (Å²) < 4.78 is 100. The molecule has 0 aliphatic heterocycles. The molecule has 0 spiro atoms. The third-order valence-corrected chi connectivity index (χ3v) is 8.58. The standard InChI is InChI=1S/C28H23F5N6O4S2/c1-14-8-24(43-26-17(30)4-2-5-18(26)31)35-13-22(14)39-27(34)16(12-36-39)25(40)21-9-15-10-23(44-28(32)33)20(11-19(15)37-21)38-45(41,42)7-3-6-29/h2,4-5,8-13,28,37-38H,3,6-7,34H2,1H3. The van der Waals surface area contributed by atoms with E-state index in [2.05, 4.69) is 19.8 Å². The second-order valence-corrected chi connectivity index (χ2v) is 12.5. The summed E-state index contributed by atoms with van der Waals surface area (Å²) in [5.41, 5.74) is 7.17. The Morgan fingerprint density at radius 1 is 1.16 bits per heavy atom. The van der Waals surface area contributed by atoms with Crippen LogP contribution in [0.2, 0.25) is 0 Å². The second-order valence-electron chi connectivity index (χ2n) is 9.61. The van der Waals surface area contributed by atoms with E-state index in [0.29, 0.717) is 16.6 Å². The van der Waals surface area contributed by atoms with Gasteiger partial charge in [0.05, 0.1) is 47.5 Å². The van der Waals surface area contributed by atoms with Crippen LogP contribution >= 0.6 is 11.8 Å². The number of benzene rings is 2. The highest BCUT2D eigenvalue weighted by molar-refractivity contribution is 7.99.